The van der Waals surface area contributed by atoms with E-state index >= 15 is 0 Å². The Morgan fingerprint density at radius 2 is 1.93 bits per heavy atom. The van der Waals surface area contributed by atoms with E-state index in [4.69, 9.17) is 10.5 Å². The summed E-state index contributed by atoms with van der Waals surface area (Å²) in [7, 11) is 0. The highest BCUT2D eigenvalue weighted by atomic mass is 32.2. The quantitative estimate of drug-likeness (QED) is 0.417. The van der Waals surface area contributed by atoms with Crippen molar-refractivity contribution in [3.8, 4) is 0 Å². The zero-order valence-corrected chi connectivity index (χ0v) is 16.8. The molecule has 148 valence electrons. The standard InChI is InChI=1S/C18H26N4O4S/c1-11-14(12(2)21-18(20-11)27-3)6-7-16(24)26-10-15(23)22-8-4-5-13(9-22)17(19)25/h13H,4-10H2,1-3H3,(H2,19,25)/t13-/m0/s1. The first-order valence-corrected chi connectivity index (χ1v) is 10.1. The van der Waals surface area contributed by atoms with E-state index in [1.807, 2.05) is 20.1 Å². The molecule has 2 rings (SSSR count). The van der Waals surface area contributed by atoms with Crippen LogP contribution in [0.1, 0.15) is 36.2 Å². The number of hydrogen-bond donors (Lipinski definition) is 1. The van der Waals surface area contributed by atoms with Crippen LogP contribution in [0, 0.1) is 19.8 Å². The fourth-order valence-corrected chi connectivity index (χ4v) is 3.59. The maximum absolute atomic E-state index is 12.2. The highest BCUT2D eigenvalue weighted by Gasteiger charge is 2.27. The van der Waals surface area contributed by atoms with Gasteiger partial charge in [-0.15, -0.1) is 0 Å². The van der Waals surface area contributed by atoms with E-state index in [0.29, 0.717) is 31.1 Å². The van der Waals surface area contributed by atoms with Crippen molar-refractivity contribution in [3.63, 3.8) is 0 Å². The molecule has 1 aliphatic heterocycles. The minimum absolute atomic E-state index is 0.154. The molecule has 0 unspecified atom stereocenters. The maximum atomic E-state index is 12.2. The molecule has 2 heterocycles. The van der Waals surface area contributed by atoms with Crippen molar-refractivity contribution >= 4 is 29.5 Å². The van der Waals surface area contributed by atoms with Crippen LogP contribution in [0.3, 0.4) is 0 Å². The number of aromatic nitrogens is 2. The van der Waals surface area contributed by atoms with Crippen LogP contribution in [0.15, 0.2) is 5.16 Å². The second kappa shape index (κ2) is 9.68. The second-order valence-electron chi connectivity index (χ2n) is 6.60. The monoisotopic (exact) mass is 394 g/mol. The number of likely N-dealkylation sites (tertiary alicyclic amines) is 1. The number of esters is 1. The minimum atomic E-state index is -0.445. The average Bonchev–Trinajstić information content (AvgIpc) is 2.65. The first-order valence-electron chi connectivity index (χ1n) is 8.92. The zero-order chi connectivity index (χ0) is 20.0. The van der Waals surface area contributed by atoms with Gasteiger partial charge in [0.1, 0.15) is 0 Å². The molecule has 1 aliphatic rings. The van der Waals surface area contributed by atoms with Gasteiger partial charge in [0.2, 0.25) is 5.91 Å². The molecule has 0 bridgehead atoms. The number of thioether (sulfide) groups is 1. The number of carbonyl (C=O) groups excluding carboxylic acids is 3. The van der Waals surface area contributed by atoms with Crippen molar-refractivity contribution in [2.45, 2.75) is 44.7 Å². The molecule has 27 heavy (non-hydrogen) atoms. The van der Waals surface area contributed by atoms with Gasteiger partial charge in [-0.25, -0.2) is 9.97 Å². The Hall–Kier alpha value is -2.16. The predicted molar refractivity (Wildman–Crippen MR) is 101 cm³/mol. The summed E-state index contributed by atoms with van der Waals surface area (Å²) < 4.78 is 5.11. The van der Waals surface area contributed by atoms with Gasteiger partial charge in [0, 0.05) is 30.9 Å². The summed E-state index contributed by atoms with van der Waals surface area (Å²) in [5.74, 6) is -1.47. The van der Waals surface area contributed by atoms with E-state index in [1.54, 1.807) is 0 Å². The summed E-state index contributed by atoms with van der Waals surface area (Å²) >= 11 is 1.47. The van der Waals surface area contributed by atoms with E-state index < -0.39 is 11.9 Å². The minimum Gasteiger partial charge on any atom is -0.456 e. The summed E-state index contributed by atoms with van der Waals surface area (Å²) in [6.07, 6.45) is 3.94. The average molecular weight is 394 g/mol. The van der Waals surface area contributed by atoms with Crippen LogP contribution >= 0.6 is 11.8 Å². The van der Waals surface area contributed by atoms with Gasteiger partial charge in [-0.3, -0.25) is 14.4 Å². The summed E-state index contributed by atoms with van der Waals surface area (Å²) in [4.78, 5) is 45.8. The van der Waals surface area contributed by atoms with Crippen molar-refractivity contribution < 1.29 is 19.1 Å². The van der Waals surface area contributed by atoms with Gasteiger partial charge in [-0.1, -0.05) is 11.8 Å². The van der Waals surface area contributed by atoms with Gasteiger partial charge in [-0.05, 0) is 44.9 Å². The van der Waals surface area contributed by atoms with Crippen LogP contribution < -0.4 is 5.73 Å². The second-order valence-corrected chi connectivity index (χ2v) is 7.38. The maximum Gasteiger partial charge on any atom is 0.306 e. The molecular weight excluding hydrogens is 368 g/mol. The lowest BCUT2D eigenvalue weighted by molar-refractivity contribution is -0.153. The van der Waals surface area contributed by atoms with Gasteiger partial charge in [0.15, 0.2) is 11.8 Å². The summed E-state index contributed by atoms with van der Waals surface area (Å²) in [6, 6.07) is 0. The van der Waals surface area contributed by atoms with E-state index in [2.05, 4.69) is 9.97 Å². The molecule has 1 saturated heterocycles. The number of ether oxygens (including phenoxy) is 1. The van der Waals surface area contributed by atoms with Crippen LogP contribution in [0.25, 0.3) is 0 Å². The van der Waals surface area contributed by atoms with Gasteiger partial charge >= 0.3 is 5.97 Å². The number of hydrogen-bond acceptors (Lipinski definition) is 7. The first kappa shape index (κ1) is 21.1. The molecule has 0 spiro atoms. The molecule has 0 radical (unpaired) electrons. The van der Waals surface area contributed by atoms with Crippen molar-refractivity contribution in [2.24, 2.45) is 11.7 Å². The zero-order valence-electron chi connectivity index (χ0n) is 16.0. The molecule has 0 aromatic carbocycles. The van der Waals surface area contributed by atoms with Crippen LogP contribution in [0.4, 0.5) is 0 Å². The highest BCUT2D eigenvalue weighted by molar-refractivity contribution is 7.98. The number of carbonyl (C=O) groups is 3. The molecule has 2 N–H and O–H groups in total. The molecule has 1 aromatic rings. The SMILES string of the molecule is CSc1nc(C)c(CCC(=O)OCC(=O)N2CCC[C@H](C(N)=O)C2)c(C)n1. The lowest BCUT2D eigenvalue weighted by Gasteiger charge is -2.31. The third-order valence-electron chi connectivity index (χ3n) is 4.69. The lowest BCUT2D eigenvalue weighted by atomic mass is 9.97. The molecular formula is C18H26N4O4S. The van der Waals surface area contributed by atoms with Gasteiger partial charge < -0.3 is 15.4 Å². The number of aryl methyl sites for hydroxylation is 2. The van der Waals surface area contributed by atoms with Crippen LogP contribution in [0.2, 0.25) is 0 Å². The van der Waals surface area contributed by atoms with E-state index in [-0.39, 0.29) is 24.9 Å². The largest absolute Gasteiger partial charge is 0.456 e. The fourth-order valence-electron chi connectivity index (χ4n) is 3.13. The number of piperidine rings is 1. The predicted octanol–water partition coefficient (Wildman–Crippen LogP) is 1.02. The summed E-state index contributed by atoms with van der Waals surface area (Å²) in [6.45, 7) is 4.32. The highest BCUT2D eigenvalue weighted by Crippen LogP contribution is 2.18. The third-order valence-corrected chi connectivity index (χ3v) is 5.24. The molecule has 8 nitrogen and oxygen atoms in total. The summed E-state index contributed by atoms with van der Waals surface area (Å²) in [5.41, 5.74) is 7.94. The lowest BCUT2D eigenvalue weighted by Crippen LogP contribution is -2.45. The Bertz CT molecular complexity index is 702. The third kappa shape index (κ3) is 5.92. The molecule has 1 fully saturated rings. The van der Waals surface area contributed by atoms with Crippen molar-refractivity contribution in [3.05, 3.63) is 17.0 Å². The first-order chi connectivity index (χ1) is 12.8. The number of amides is 2. The number of nitrogens with two attached hydrogens (primary N) is 1. The van der Waals surface area contributed by atoms with Crippen molar-refractivity contribution in [1.29, 1.82) is 0 Å². The molecule has 1 aromatic heterocycles. The molecule has 9 heteroatoms. The Morgan fingerprint density at radius 1 is 1.26 bits per heavy atom. The van der Waals surface area contributed by atoms with Gasteiger partial charge in [0.25, 0.3) is 5.91 Å². The van der Waals surface area contributed by atoms with Crippen LogP contribution in [-0.2, 0) is 25.5 Å². The normalized spacial score (nSPS) is 16.9. The van der Waals surface area contributed by atoms with E-state index in [0.717, 1.165) is 23.4 Å². The van der Waals surface area contributed by atoms with Crippen LogP contribution in [0.5, 0.6) is 0 Å². The van der Waals surface area contributed by atoms with E-state index in [9.17, 15) is 14.4 Å². The Balaban J connectivity index is 1.81. The Labute approximate surface area is 163 Å². The number of rotatable bonds is 7. The number of primary amides is 1. The Morgan fingerprint density at radius 3 is 2.52 bits per heavy atom. The van der Waals surface area contributed by atoms with Crippen molar-refractivity contribution in [2.75, 3.05) is 26.0 Å². The van der Waals surface area contributed by atoms with Crippen LogP contribution in [-0.4, -0.2) is 58.6 Å². The fraction of sp³-hybridized carbons (Fsp3) is 0.611. The van der Waals surface area contributed by atoms with Gasteiger partial charge in [0.05, 0.1) is 5.92 Å². The Kier molecular flexibility index (Phi) is 7.58. The summed E-state index contributed by atoms with van der Waals surface area (Å²) in [5, 5.41) is 0.706. The van der Waals surface area contributed by atoms with E-state index in [1.165, 1.54) is 16.7 Å². The van der Waals surface area contributed by atoms with Crippen molar-refractivity contribution in [1.82, 2.24) is 14.9 Å². The molecule has 2 amide bonds. The molecule has 0 saturated carbocycles. The molecule has 1 atom stereocenters. The van der Waals surface area contributed by atoms with Gasteiger partial charge in [-0.2, -0.15) is 0 Å². The number of nitrogens with zero attached hydrogens (tertiary/aromatic N) is 3. The topological polar surface area (TPSA) is 115 Å². The smallest absolute Gasteiger partial charge is 0.306 e. The molecule has 0 aliphatic carbocycles.